The first-order chi connectivity index (χ1) is 19.2. The first-order valence-electron chi connectivity index (χ1n) is 14.1. The third-order valence-corrected chi connectivity index (χ3v) is 6.89. The minimum Gasteiger partial charge on any atom is -0.354 e. The normalized spacial score (nSPS) is 22.9. The average Bonchev–Trinajstić information content (AvgIpc) is 2.93. The molecule has 0 spiro atoms. The van der Waals surface area contributed by atoms with Crippen molar-refractivity contribution in [1.82, 2.24) is 31.2 Å². The number of hydrogen-bond donors (Lipinski definition) is 4. The maximum atomic E-state index is 13.2. The van der Waals surface area contributed by atoms with Gasteiger partial charge >= 0.3 is 0 Å². The van der Waals surface area contributed by atoms with Gasteiger partial charge in [0.25, 0.3) is 0 Å². The monoisotopic (exact) mass is 550 g/mol. The maximum absolute atomic E-state index is 13.2. The lowest BCUT2D eigenvalue weighted by molar-refractivity contribution is -0.134. The van der Waals surface area contributed by atoms with Crippen molar-refractivity contribution < 1.29 is 19.2 Å². The first kappa shape index (κ1) is 30.7. The van der Waals surface area contributed by atoms with Crippen LogP contribution in [-0.4, -0.2) is 71.3 Å². The van der Waals surface area contributed by atoms with Crippen molar-refractivity contribution in [1.29, 1.82) is 0 Å². The number of amides is 4. The molecule has 1 fully saturated rings. The Bertz CT molecular complexity index is 1110. The molecule has 0 radical (unpaired) electrons. The number of hydrogen-bond acceptors (Lipinski definition) is 6. The molecule has 3 atom stereocenters. The van der Waals surface area contributed by atoms with Crippen LogP contribution in [-0.2, 0) is 32.1 Å². The van der Waals surface area contributed by atoms with Crippen LogP contribution < -0.4 is 21.3 Å². The molecule has 0 aliphatic carbocycles. The molecule has 216 valence electrons. The molecule has 1 aliphatic heterocycles. The molecule has 1 aliphatic rings. The third kappa shape index (κ3) is 10.1. The minimum absolute atomic E-state index is 0.148. The number of nitrogens with one attached hydrogen (secondary N) is 4. The Balaban J connectivity index is 1.78. The second-order valence-corrected chi connectivity index (χ2v) is 10.7. The Hall–Kier alpha value is -3.79. The summed E-state index contributed by atoms with van der Waals surface area (Å²) in [6.07, 6.45) is 5.41. The summed E-state index contributed by atoms with van der Waals surface area (Å²) in [7, 11) is 0. The number of carbonyl (C=O) groups excluding carboxylic acids is 4. The minimum atomic E-state index is -0.892. The van der Waals surface area contributed by atoms with E-state index in [1.165, 1.54) is 0 Å². The van der Waals surface area contributed by atoms with Crippen molar-refractivity contribution in [3.63, 3.8) is 0 Å². The molecule has 40 heavy (non-hydrogen) atoms. The van der Waals surface area contributed by atoms with Crippen LogP contribution in [0, 0.1) is 5.92 Å². The van der Waals surface area contributed by atoms with E-state index in [-0.39, 0.29) is 30.6 Å². The quantitative estimate of drug-likeness (QED) is 0.447. The molecule has 1 saturated heterocycles. The van der Waals surface area contributed by atoms with Crippen LogP contribution in [0.1, 0.15) is 51.2 Å². The summed E-state index contributed by atoms with van der Waals surface area (Å²) in [5.41, 5.74) is 1.95. The van der Waals surface area contributed by atoms with E-state index in [2.05, 4.69) is 31.2 Å². The molecule has 10 nitrogen and oxygen atoms in total. The number of benzene rings is 1. The maximum Gasteiger partial charge on any atom is 0.243 e. The van der Waals surface area contributed by atoms with Crippen LogP contribution in [0.5, 0.6) is 0 Å². The number of nitrogens with zero attached hydrogens (tertiary/aromatic N) is 2. The first-order valence-corrected chi connectivity index (χ1v) is 14.1. The van der Waals surface area contributed by atoms with Crippen LogP contribution in [0.4, 0.5) is 0 Å². The van der Waals surface area contributed by atoms with Crippen LogP contribution in [0.25, 0.3) is 0 Å². The fraction of sp³-hybridized carbons (Fsp3) is 0.500. The summed E-state index contributed by atoms with van der Waals surface area (Å²) in [4.78, 5) is 58.5. The van der Waals surface area contributed by atoms with Crippen LogP contribution in [0.15, 0.2) is 54.9 Å². The van der Waals surface area contributed by atoms with Crippen LogP contribution in [0.3, 0.4) is 0 Å². The smallest absolute Gasteiger partial charge is 0.243 e. The highest BCUT2D eigenvalue weighted by atomic mass is 16.2. The number of pyridine rings is 1. The molecular weight excluding hydrogens is 508 g/mol. The van der Waals surface area contributed by atoms with Gasteiger partial charge in [-0.1, -0.05) is 50.2 Å². The van der Waals surface area contributed by atoms with Crippen molar-refractivity contribution in [3.8, 4) is 0 Å². The topological polar surface area (TPSA) is 133 Å². The van der Waals surface area contributed by atoms with Gasteiger partial charge in [-0.3, -0.25) is 29.1 Å². The van der Waals surface area contributed by atoms with Gasteiger partial charge in [0.1, 0.15) is 18.1 Å². The van der Waals surface area contributed by atoms with E-state index < -0.39 is 29.9 Å². The zero-order valence-corrected chi connectivity index (χ0v) is 23.7. The van der Waals surface area contributed by atoms with E-state index in [1.54, 1.807) is 13.1 Å². The van der Waals surface area contributed by atoms with Crippen molar-refractivity contribution in [2.45, 2.75) is 71.1 Å². The number of rotatable bonds is 5. The predicted molar refractivity (Wildman–Crippen MR) is 153 cm³/mol. The van der Waals surface area contributed by atoms with Gasteiger partial charge in [-0.15, -0.1) is 0 Å². The Labute approximate surface area is 236 Å². The van der Waals surface area contributed by atoms with Crippen molar-refractivity contribution >= 4 is 23.6 Å². The fourth-order valence-corrected chi connectivity index (χ4v) is 4.63. The van der Waals surface area contributed by atoms with E-state index in [1.807, 2.05) is 62.5 Å². The molecule has 10 heteroatoms. The summed E-state index contributed by atoms with van der Waals surface area (Å²) in [6, 6.07) is 10.8. The third-order valence-electron chi connectivity index (χ3n) is 6.89. The summed E-state index contributed by atoms with van der Waals surface area (Å²) >= 11 is 0. The predicted octanol–water partition coefficient (Wildman–Crippen LogP) is 1.56. The van der Waals surface area contributed by atoms with Crippen molar-refractivity contribution in [2.24, 2.45) is 5.92 Å². The van der Waals surface area contributed by atoms with Gasteiger partial charge in [0.05, 0.1) is 0 Å². The molecule has 0 bridgehead atoms. The second-order valence-electron chi connectivity index (χ2n) is 10.7. The lowest BCUT2D eigenvalue weighted by atomic mass is 10.0. The summed E-state index contributed by atoms with van der Waals surface area (Å²) in [5.74, 6) is -1.54. The lowest BCUT2D eigenvalue weighted by Crippen LogP contribution is -2.57. The molecule has 4 N–H and O–H groups in total. The van der Waals surface area contributed by atoms with Crippen molar-refractivity contribution in [2.75, 3.05) is 19.6 Å². The van der Waals surface area contributed by atoms with Crippen LogP contribution in [0.2, 0.25) is 0 Å². The van der Waals surface area contributed by atoms with Gasteiger partial charge in [0, 0.05) is 44.9 Å². The van der Waals surface area contributed by atoms with Gasteiger partial charge in [-0.2, -0.15) is 0 Å². The molecule has 3 rings (SSSR count). The number of aromatic nitrogens is 1. The standard InChI is InChI=1S/C30H42N6O4/c1-21(2)27-30(40)32-15-9-17-36(20-24-12-7-14-31-19-24)16-8-13-26(37)34-25(18-23-10-5-4-6-11-23)29(39)33-22(3)28(38)35-27/h4-7,10-12,14,19,21-22,25,27H,8-9,13,15-18,20H2,1-3H3,(H,32,40)(H,33,39)(H,34,37)(H,35,38)/t22-,25+,27-/m1/s1. The van der Waals surface area contributed by atoms with Gasteiger partial charge < -0.3 is 21.3 Å². The Morgan fingerprint density at radius 1 is 0.875 bits per heavy atom. The summed E-state index contributed by atoms with van der Waals surface area (Å²) in [6.45, 7) is 7.81. The molecule has 2 aromatic rings. The highest BCUT2D eigenvalue weighted by molar-refractivity contribution is 5.94. The molecule has 1 aromatic heterocycles. The van der Waals surface area contributed by atoms with E-state index >= 15 is 0 Å². The van der Waals surface area contributed by atoms with Gasteiger partial charge in [0.2, 0.25) is 23.6 Å². The van der Waals surface area contributed by atoms with E-state index in [4.69, 9.17) is 0 Å². The van der Waals surface area contributed by atoms with Gasteiger partial charge in [-0.25, -0.2) is 0 Å². The molecule has 1 aromatic carbocycles. The van der Waals surface area contributed by atoms with E-state index in [0.717, 1.165) is 11.1 Å². The summed E-state index contributed by atoms with van der Waals surface area (Å²) < 4.78 is 0. The fourth-order valence-electron chi connectivity index (χ4n) is 4.63. The number of carbonyl (C=O) groups is 4. The molecule has 2 heterocycles. The van der Waals surface area contributed by atoms with Gasteiger partial charge in [-0.05, 0) is 49.4 Å². The Kier molecular flexibility index (Phi) is 12.1. The highest BCUT2D eigenvalue weighted by Gasteiger charge is 2.29. The molecular formula is C30H42N6O4. The summed E-state index contributed by atoms with van der Waals surface area (Å²) in [5, 5.41) is 11.3. The molecule has 4 amide bonds. The largest absolute Gasteiger partial charge is 0.354 e. The average molecular weight is 551 g/mol. The second kappa shape index (κ2) is 15.7. The Morgan fingerprint density at radius 2 is 1.60 bits per heavy atom. The zero-order valence-electron chi connectivity index (χ0n) is 23.7. The molecule has 0 saturated carbocycles. The molecule has 0 unspecified atom stereocenters. The van der Waals surface area contributed by atoms with Gasteiger partial charge in [0.15, 0.2) is 0 Å². The lowest BCUT2D eigenvalue weighted by Gasteiger charge is -2.26. The zero-order chi connectivity index (χ0) is 28.9. The highest BCUT2D eigenvalue weighted by Crippen LogP contribution is 2.09. The Morgan fingerprint density at radius 3 is 2.30 bits per heavy atom. The van der Waals surface area contributed by atoms with Crippen LogP contribution >= 0.6 is 0 Å². The van der Waals surface area contributed by atoms with Crippen molar-refractivity contribution in [3.05, 3.63) is 66.0 Å². The van der Waals surface area contributed by atoms with E-state index in [0.29, 0.717) is 39.0 Å². The van der Waals surface area contributed by atoms with E-state index in [9.17, 15) is 19.2 Å². The SMILES string of the molecule is CC(C)[C@H]1NC(=O)[C@@H](C)NC(=O)[C@H](Cc2ccccc2)NC(=O)CCCN(Cc2cccnc2)CCCNC1=O.